The molecule has 5 nitrogen and oxygen atoms in total. The van der Waals surface area contributed by atoms with Crippen LogP contribution in [0.15, 0.2) is 59.4 Å². The molecule has 0 unspecified atom stereocenters. The first-order chi connectivity index (χ1) is 13.2. The number of para-hydroxylation sites is 1. The summed E-state index contributed by atoms with van der Waals surface area (Å²) in [5, 5.41) is 0.857. The van der Waals surface area contributed by atoms with Gasteiger partial charge in [0.15, 0.2) is 0 Å². The van der Waals surface area contributed by atoms with Gasteiger partial charge in [-0.25, -0.2) is 0 Å². The van der Waals surface area contributed by atoms with Gasteiger partial charge in [-0.2, -0.15) is 0 Å². The van der Waals surface area contributed by atoms with Gasteiger partial charge in [0.25, 0.3) is 11.5 Å². The van der Waals surface area contributed by atoms with Gasteiger partial charge in [-0.05, 0) is 54.5 Å². The highest BCUT2D eigenvalue weighted by molar-refractivity contribution is 5.97. The molecule has 1 N–H and O–H groups in total. The van der Waals surface area contributed by atoms with Gasteiger partial charge in [-0.1, -0.05) is 30.3 Å². The van der Waals surface area contributed by atoms with Crippen molar-refractivity contribution < 1.29 is 9.53 Å². The van der Waals surface area contributed by atoms with E-state index >= 15 is 0 Å². The number of piperidine rings is 1. The van der Waals surface area contributed by atoms with E-state index in [0.29, 0.717) is 6.54 Å². The van der Waals surface area contributed by atoms with Crippen LogP contribution in [0.25, 0.3) is 10.9 Å². The van der Waals surface area contributed by atoms with Crippen LogP contribution in [0.3, 0.4) is 0 Å². The van der Waals surface area contributed by atoms with Crippen molar-refractivity contribution in [3.63, 3.8) is 0 Å². The fourth-order valence-corrected chi connectivity index (χ4v) is 3.83. The fourth-order valence-electron chi connectivity index (χ4n) is 3.83. The summed E-state index contributed by atoms with van der Waals surface area (Å²) >= 11 is 0. The van der Waals surface area contributed by atoms with Gasteiger partial charge >= 0.3 is 0 Å². The van der Waals surface area contributed by atoms with Crippen molar-refractivity contribution in [1.82, 2.24) is 9.88 Å². The first-order valence-electron chi connectivity index (χ1n) is 9.24. The van der Waals surface area contributed by atoms with E-state index in [-0.39, 0.29) is 23.1 Å². The first-order valence-corrected chi connectivity index (χ1v) is 9.24. The van der Waals surface area contributed by atoms with E-state index in [2.05, 4.69) is 4.98 Å². The van der Waals surface area contributed by atoms with Gasteiger partial charge in [0.05, 0.1) is 13.2 Å². The van der Waals surface area contributed by atoms with E-state index in [0.717, 1.165) is 41.5 Å². The summed E-state index contributed by atoms with van der Waals surface area (Å²) in [6, 6.07) is 17.0. The molecule has 3 aromatic rings. The van der Waals surface area contributed by atoms with E-state index < -0.39 is 0 Å². The molecule has 2 aromatic carbocycles. The van der Waals surface area contributed by atoms with Crippen LogP contribution in [-0.2, 0) is 0 Å². The van der Waals surface area contributed by atoms with E-state index in [1.165, 1.54) is 0 Å². The number of fused-ring (bicyclic) bond motifs is 1. The summed E-state index contributed by atoms with van der Waals surface area (Å²) in [4.78, 5) is 30.5. The molecule has 1 aromatic heterocycles. The van der Waals surface area contributed by atoms with Crippen LogP contribution in [0.4, 0.5) is 0 Å². The van der Waals surface area contributed by atoms with Crippen LogP contribution in [0, 0.1) is 0 Å². The van der Waals surface area contributed by atoms with E-state index in [4.69, 9.17) is 4.74 Å². The number of hydrogen-bond donors (Lipinski definition) is 1. The third-order valence-corrected chi connectivity index (χ3v) is 5.23. The molecule has 0 saturated carbocycles. The summed E-state index contributed by atoms with van der Waals surface area (Å²) in [7, 11) is 1.64. The second-order valence-electron chi connectivity index (χ2n) is 6.89. The van der Waals surface area contributed by atoms with Gasteiger partial charge in [0.1, 0.15) is 11.3 Å². The number of ether oxygens (including phenoxy) is 1. The third-order valence-electron chi connectivity index (χ3n) is 5.23. The van der Waals surface area contributed by atoms with Crippen molar-refractivity contribution in [3.8, 4) is 5.75 Å². The molecular weight excluding hydrogens is 340 g/mol. The number of aromatic amines is 1. The minimum Gasteiger partial charge on any atom is -0.497 e. The highest BCUT2D eigenvalue weighted by Gasteiger charge is 2.30. The predicted octanol–water partition coefficient (Wildman–Crippen LogP) is 3.90. The second kappa shape index (κ2) is 7.27. The SMILES string of the molecule is COc1cccc([C@@H]2CCCCN2C(=O)c2cc3ccccc3[nH]c2=O)c1. The molecule has 1 aliphatic heterocycles. The number of carbonyl (C=O) groups is 1. The number of aromatic nitrogens is 1. The smallest absolute Gasteiger partial charge is 0.261 e. The first kappa shape index (κ1) is 17.3. The van der Waals surface area contributed by atoms with Crippen molar-refractivity contribution in [3.05, 3.63) is 76.1 Å². The van der Waals surface area contributed by atoms with Gasteiger partial charge in [0, 0.05) is 12.1 Å². The summed E-state index contributed by atoms with van der Waals surface area (Å²) in [6.45, 7) is 0.646. The number of methoxy groups -OCH3 is 1. The second-order valence-corrected chi connectivity index (χ2v) is 6.89. The van der Waals surface area contributed by atoms with Crippen LogP contribution in [0.5, 0.6) is 5.75 Å². The minimum absolute atomic E-state index is 0.0489. The molecule has 1 atom stereocenters. The number of benzene rings is 2. The number of hydrogen-bond acceptors (Lipinski definition) is 3. The quantitative estimate of drug-likeness (QED) is 0.768. The molecule has 4 rings (SSSR count). The maximum absolute atomic E-state index is 13.3. The normalized spacial score (nSPS) is 17.1. The van der Waals surface area contributed by atoms with Gasteiger partial charge in [0.2, 0.25) is 0 Å². The molecule has 0 aliphatic carbocycles. The summed E-state index contributed by atoms with van der Waals surface area (Å²) in [5.74, 6) is 0.559. The van der Waals surface area contributed by atoms with E-state index in [1.807, 2.05) is 53.4 Å². The number of nitrogens with one attached hydrogen (secondary N) is 1. The van der Waals surface area contributed by atoms with Crippen molar-refractivity contribution in [2.24, 2.45) is 0 Å². The Kier molecular flexibility index (Phi) is 4.67. The van der Waals surface area contributed by atoms with Gasteiger partial charge in [-0.15, -0.1) is 0 Å². The van der Waals surface area contributed by atoms with E-state index in [1.54, 1.807) is 13.2 Å². The molecule has 5 heteroatoms. The zero-order chi connectivity index (χ0) is 18.8. The van der Waals surface area contributed by atoms with Crippen LogP contribution in [0.1, 0.15) is 41.2 Å². The zero-order valence-electron chi connectivity index (χ0n) is 15.3. The monoisotopic (exact) mass is 362 g/mol. The lowest BCUT2D eigenvalue weighted by Gasteiger charge is -2.36. The van der Waals surface area contributed by atoms with Crippen LogP contribution in [0.2, 0.25) is 0 Å². The molecule has 1 amide bonds. The van der Waals surface area contributed by atoms with Crippen molar-refractivity contribution >= 4 is 16.8 Å². The highest BCUT2D eigenvalue weighted by Crippen LogP contribution is 2.33. The number of rotatable bonds is 3. The summed E-state index contributed by atoms with van der Waals surface area (Å²) < 4.78 is 5.33. The molecule has 1 aliphatic rings. The number of carbonyl (C=O) groups excluding carboxylic acids is 1. The van der Waals surface area contributed by atoms with Crippen molar-refractivity contribution in [1.29, 1.82) is 0 Å². The standard InChI is InChI=1S/C22H22N2O3/c1-27-17-9-6-8-16(13-17)20-11-4-5-12-24(20)22(26)18-14-15-7-2-3-10-19(15)23-21(18)25/h2-3,6-10,13-14,20H,4-5,11-12H2,1H3,(H,23,25)/t20-/m0/s1. The number of pyridine rings is 1. The van der Waals surface area contributed by atoms with Gasteiger partial charge < -0.3 is 14.6 Å². The number of amides is 1. The molecular formula is C22H22N2O3. The van der Waals surface area contributed by atoms with E-state index in [9.17, 15) is 9.59 Å². The minimum atomic E-state index is -0.339. The molecule has 1 fully saturated rings. The molecule has 0 bridgehead atoms. The Morgan fingerprint density at radius 3 is 2.81 bits per heavy atom. The molecule has 2 heterocycles. The van der Waals surface area contributed by atoms with Crippen LogP contribution < -0.4 is 10.3 Å². The Balaban J connectivity index is 1.72. The summed E-state index contributed by atoms with van der Waals surface area (Å²) in [5.41, 5.74) is 1.64. The van der Waals surface area contributed by atoms with Crippen molar-refractivity contribution in [2.75, 3.05) is 13.7 Å². The number of likely N-dealkylation sites (tertiary alicyclic amines) is 1. The Morgan fingerprint density at radius 1 is 1.11 bits per heavy atom. The number of H-pyrrole nitrogens is 1. The average molecular weight is 362 g/mol. The Labute approximate surface area is 157 Å². The van der Waals surface area contributed by atoms with Crippen LogP contribution >= 0.6 is 0 Å². The fraction of sp³-hybridized carbons (Fsp3) is 0.273. The molecule has 27 heavy (non-hydrogen) atoms. The molecule has 0 spiro atoms. The predicted molar refractivity (Wildman–Crippen MR) is 105 cm³/mol. The Bertz CT molecular complexity index is 1040. The third kappa shape index (κ3) is 3.33. The molecule has 1 saturated heterocycles. The van der Waals surface area contributed by atoms with Crippen molar-refractivity contribution in [2.45, 2.75) is 25.3 Å². The topological polar surface area (TPSA) is 62.4 Å². The van der Waals surface area contributed by atoms with Crippen LogP contribution in [-0.4, -0.2) is 29.4 Å². The maximum atomic E-state index is 13.3. The largest absolute Gasteiger partial charge is 0.497 e. The summed E-state index contributed by atoms with van der Waals surface area (Å²) in [6.07, 6.45) is 2.88. The average Bonchev–Trinajstić information content (AvgIpc) is 2.73. The molecule has 138 valence electrons. The Morgan fingerprint density at radius 2 is 1.96 bits per heavy atom. The van der Waals surface area contributed by atoms with Gasteiger partial charge in [-0.3, -0.25) is 9.59 Å². The zero-order valence-corrected chi connectivity index (χ0v) is 15.3. The molecule has 0 radical (unpaired) electrons. The lowest BCUT2D eigenvalue weighted by molar-refractivity contribution is 0.0609. The lowest BCUT2D eigenvalue weighted by atomic mass is 9.94. The maximum Gasteiger partial charge on any atom is 0.261 e. The lowest BCUT2D eigenvalue weighted by Crippen LogP contribution is -2.40. The number of nitrogens with zero attached hydrogens (tertiary/aromatic N) is 1. The Hall–Kier alpha value is -3.08. The highest BCUT2D eigenvalue weighted by atomic mass is 16.5.